The molecule has 0 spiro atoms. The summed E-state index contributed by atoms with van der Waals surface area (Å²) in [6.45, 7) is 0.175. The number of rotatable bonds is 3. The summed E-state index contributed by atoms with van der Waals surface area (Å²) in [6, 6.07) is 4.69. The smallest absolute Gasteiger partial charge is 0.476 e. The number of alkyl halides is 3. The number of carboxylic acids is 1. The predicted octanol–water partition coefficient (Wildman–Crippen LogP) is 2.47. The molecule has 0 saturated heterocycles. The molecule has 1 aliphatic heterocycles. The second kappa shape index (κ2) is 6.11. The third kappa shape index (κ3) is 3.57. The molecule has 1 aromatic heterocycles. The van der Waals surface area contributed by atoms with Gasteiger partial charge in [0.15, 0.2) is 5.69 Å². The molecule has 1 amide bonds. The Kier molecular flexibility index (Phi) is 4.11. The van der Waals surface area contributed by atoms with E-state index >= 15 is 0 Å². The van der Waals surface area contributed by atoms with E-state index in [1.54, 1.807) is 0 Å². The van der Waals surface area contributed by atoms with Crippen LogP contribution in [0.3, 0.4) is 0 Å². The maximum atomic E-state index is 12.5. The van der Waals surface area contributed by atoms with Gasteiger partial charge in [0.1, 0.15) is 11.5 Å². The molecule has 10 heteroatoms. The molecule has 1 aliphatic rings. The summed E-state index contributed by atoms with van der Waals surface area (Å²) in [6.07, 6.45) is -4.60. The number of hydrogen-bond donors (Lipinski definition) is 1. The highest BCUT2D eigenvalue weighted by molar-refractivity contribution is 5.95. The van der Waals surface area contributed by atoms with Crippen LogP contribution in [0.2, 0.25) is 0 Å². The van der Waals surface area contributed by atoms with Gasteiger partial charge >= 0.3 is 12.3 Å². The lowest BCUT2D eigenvalue weighted by Crippen LogP contribution is -2.36. The summed E-state index contributed by atoms with van der Waals surface area (Å²) >= 11 is 0. The lowest BCUT2D eigenvalue weighted by atomic mass is 10.0. The Labute approximate surface area is 138 Å². The zero-order valence-electron chi connectivity index (χ0n) is 12.5. The maximum absolute atomic E-state index is 12.5. The number of carbonyl (C=O) groups is 2. The van der Waals surface area contributed by atoms with Crippen LogP contribution in [0.5, 0.6) is 5.75 Å². The fourth-order valence-corrected chi connectivity index (χ4v) is 2.56. The van der Waals surface area contributed by atoms with Crippen LogP contribution in [0.4, 0.5) is 13.2 Å². The standard InChI is InChI=1S/C15H11F3N2O5/c16-15(17,18)24-9-3-1-2-8(6-9)13(21)20-5-4-11-10(7-20)12(14(22)23)19-25-11/h1-3,6H,4-5,7H2,(H,22,23). The van der Waals surface area contributed by atoms with Crippen LogP contribution in [0.1, 0.15) is 32.2 Å². The number of ether oxygens (including phenoxy) is 1. The van der Waals surface area contributed by atoms with E-state index < -0.39 is 24.0 Å². The summed E-state index contributed by atoms with van der Waals surface area (Å²) in [7, 11) is 0. The van der Waals surface area contributed by atoms with Gasteiger partial charge in [0.25, 0.3) is 5.91 Å². The third-order valence-corrected chi connectivity index (χ3v) is 3.63. The number of hydrogen-bond acceptors (Lipinski definition) is 5. The number of aromatic carboxylic acids is 1. The summed E-state index contributed by atoms with van der Waals surface area (Å²) in [5.41, 5.74) is 0.00924. The molecule has 2 aromatic rings. The van der Waals surface area contributed by atoms with Crippen molar-refractivity contribution in [1.82, 2.24) is 10.1 Å². The van der Waals surface area contributed by atoms with Gasteiger partial charge in [-0.3, -0.25) is 4.79 Å². The molecule has 0 unspecified atom stereocenters. The van der Waals surface area contributed by atoms with Gasteiger partial charge in [-0.1, -0.05) is 11.2 Å². The SMILES string of the molecule is O=C(O)c1noc2c1CN(C(=O)c1cccc(OC(F)(F)F)c1)CC2. The molecular weight excluding hydrogens is 345 g/mol. The van der Waals surface area contributed by atoms with E-state index in [2.05, 4.69) is 9.89 Å². The van der Waals surface area contributed by atoms with Crippen LogP contribution in [0.25, 0.3) is 0 Å². The average Bonchev–Trinajstić information content (AvgIpc) is 2.96. The number of fused-ring (bicyclic) bond motifs is 1. The van der Waals surface area contributed by atoms with E-state index in [1.807, 2.05) is 0 Å². The number of halogens is 3. The molecule has 1 N–H and O–H groups in total. The Morgan fingerprint density at radius 1 is 1.32 bits per heavy atom. The number of nitrogens with zero attached hydrogens (tertiary/aromatic N) is 2. The zero-order valence-corrected chi connectivity index (χ0v) is 12.5. The molecule has 0 saturated carbocycles. The van der Waals surface area contributed by atoms with Crippen LogP contribution in [-0.2, 0) is 13.0 Å². The van der Waals surface area contributed by atoms with Crippen molar-refractivity contribution in [2.24, 2.45) is 0 Å². The van der Waals surface area contributed by atoms with Crippen LogP contribution in [-0.4, -0.2) is 39.9 Å². The minimum atomic E-state index is -4.86. The van der Waals surface area contributed by atoms with Crippen molar-refractivity contribution >= 4 is 11.9 Å². The molecule has 3 rings (SSSR count). The lowest BCUT2D eigenvalue weighted by Gasteiger charge is -2.26. The number of amides is 1. The molecule has 2 heterocycles. The highest BCUT2D eigenvalue weighted by Crippen LogP contribution is 2.26. The lowest BCUT2D eigenvalue weighted by molar-refractivity contribution is -0.274. The maximum Gasteiger partial charge on any atom is 0.573 e. The van der Waals surface area contributed by atoms with Gasteiger partial charge in [0.05, 0.1) is 6.54 Å². The van der Waals surface area contributed by atoms with E-state index in [1.165, 1.54) is 17.0 Å². The summed E-state index contributed by atoms with van der Waals surface area (Å²) in [5, 5.41) is 12.5. The molecule has 0 aliphatic carbocycles. The third-order valence-electron chi connectivity index (χ3n) is 3.63. The summed E-state index contributed by atoms with van der Waals surface area (Å²) in [4.78, 5) is 24.9. The van der Waals surface area contributed by atoms with Crippen molar-refractivity contribution in [2.45, 2.75) is 19.3 Å². The molecule has 1 aromatic carbocycles. The zero-order chi connectivity index (χ0) is 18.2. The Bertz CT molecular complexity index is 831. The molecule has 0 atom stereocenters. The first-order chi connectivity index (χ1) is 11.7. The first kappa shape index (κ1) is 16.8. The molecule has 0 bridgehead atoms. The minimum absolute atomic E-state index is 0.00136. The predicted molar refractivity (Wildman–Crippen MR) is 75.0 cm³/mol. The number of aromatic nitrogens is 1. The van der Waals surface area contributed by atoms with Gasteiger partial charge in [-0.15, -0.1) is 13.2 Å². The van der Waals surface area contributed by atoms with Gasteiger partial charge in [0.2, 0.25) is 0 Å². The van der Waals surface area contributed by atoms with Gasteiger partial charge in [-0.05, 0) is 18.2 Å². The highest BCUT2D eigenvalue weighted by Gasteiger charge is 2.32. The van der Waals surface area contributed by atoms with E-state index in [-0.39, 0.29) is 36.3 Å². The van der Waals surface area contributed by atoms with Crippen molar-refractivity contribution in [3.8, 4) is 5.75 Å². The quantitative estimate of drug-likeness (QED) is 0.908. The van der Waals surface area contributed by atoms with Crippen molar-refractivity contribution in [3.63, 3.8) is 0 Å². The van der Waals surface area contributed by atoms with Gasteiger partial charge in [-0.25, -0.2) is 4.79 Å². The monoisotopic (exact) mass is 356 g/mol. The molecule has 25 heavy (non-hydrogen) atoms. The van der Waals surface area contributed by atoms with E-state index in [0.29, 0.717) is 5.76 Å². The number of carboxylic acid groups (broad SMARTS) is 1. The highest BCUT2D eigenvalue weighted by atomic mass is 19.4. The Morgan fingerprint density at radius 2 is 2.08 bits per heavy atom. The van der Waals surface area contributed by atoms with Crippen LogP contribution < -0.4 is 4.74 Å². The largest absolute Gasteiger partial charge is 0.573 e. The fourth-order valence-electron chi connectivity index (χ4n) is 2.56. The van der Waals surface area contributed by atoms with Gasteiger partial charge in [0, 0.05) is 24.1 Å². The van der Waals surface area contributed by atoms with Crippen molar-refractivity contribution in [2.75, 3.05) is 6.54 Å². The van der Waals surface area contributed by atoms with Crippen LogP contribution in [0, 0.1) is 0 Å². The molecular formula is C15H11F3N2O5. The van der Waals surface area contributed by atoms with E-state index in [0.717, 1.165) is 12.1 Å². The number of benzene rings is 1. The Hall–Kier alpha value is -3.04. The Morgan fingerprint density at radius 3 is 2.76 bits per heavy atom. The summed E-state index contributed by atoms with van der Waals surface area (Å²) in [5.74, 6) is -1.95. The van der Waals surface area contributed by atoms with E-state index in [9.17, 15) is 22.8 Å². The van der Waals surface area contributed by atoms with Gasteiger partial charge < -0.3 is 19.3 Å². The second-order valence-electron chi connectivity index (χ2n) is 5.29. The summed E-state index contributed by atoms with van der Waals surface area (Å²) < 4.78 is 45.6. The molecule has 0 fully saturated rings. The van der Waals surface area contributed by atoms with Gasteiger partial charge in [-0.2, -0.15) is 0 Å². The van der Waals surface area contributed by atoms with Crippen LogP contribution >= 0.6 is 0 Å². The number of carbonyl (C=O) groups excluding carboxylic acids is 1. The van der Waals surface area contributed by atoms with E-state index in [4.69, 9.17) is 9.63 Å². The van der Waals surface area contributed by atoms with Crippen LogP contribution in [0.15, 0.2) is 28.8 Å². The normalized spacial score (nSPS) is 14.1. The van der Waals surface area contributed by atoms with Crippen molar-refractivity contribution < 1.29 is 37.1 Å². The minimum Gasteiger partial charge on any atom is -0.476 e. The molecule has 0 radical (unpaired) electrons. The average molecular weight is 356 g/mol. The Balaban J connectivity index is 1.81. The topological polar surface area (TPSA) is 92.9 Å². The first-order valence-corrected chi connectivity index (χ1v) is 7.10. The fraction of sp³-hybridized carbons (Fsp3) is 0.267. The molecule has 132 valence electrons. The first-order valence-electron chi connectivity index (χ1n) is 7.10. The molecule has 7 nitrogen and oxygen atoms in total. The van der Waals surface area contributed by atoms with Crippen molar-refractivity contribution in [3.05, 3.63) is 46.8 Å². The van der Waals surface area contributed by atoms with Crippen molar-refractivity contribution in [1.29, 1.82) is 0 Å². The second-order valence-corrected chi connectivity index (χ2v) is 5.29.